The quantitative estimate of drug-likeness (QED) is 0.278. The molecule has 1 aromatic heterocycles. The Morgan fingerprint density at radius 2 is 1.13 bits per heavy atom. The molecular formula is C29H19N. The molecule has 30 heavy (non-hydrogen) atoms. The highest BCUT2D eigenvalue weighted by Gasteiger charge is 2.13. The van der Waals surface area contributed by atoms with Crippen molar-refractivity contribution in [1.29, 1.82) is 0 Å². The average Bonchev–Trinajstić information content (AvgIpc) is 2.82. The van der Waals surface area contributed by atoms with E-state index in [-0.39, 0.29) is 0 Å². The minimum absolute atomic E-state index is 1.02. The molecule has 0 saturated carbocycles. The van der Waals surface area contributed by atoms with E-state index in [2.05, 4.69) is 115 Å². The molecule has 140 valence electrons. The van der Waals surface area contributed by atoms with Gasteiger partial charge in [0.15, 0.2) is 0 Å². The summed E-state index contributed by atoms with van der Waals surface area (Å²) in [5, 5.41) is 4.90. The predicted molar refractivity (Wildman–Crippen MR) is 128 cm³/mol. The van der Waals surface area contributed by atoms with Gasteiger partial charge in [-0.2, -0.15) is 0 Å². The van der Waals surface area contributed by atoms with E-state index in [1.54, 1.807) is 0 Å². The minimum Gasteiger partial charge on any atom is -0.248 e. The first-order valence-corrected chi connectivity index (χ1v) is 10.2. The van der Waals surface area contributed by atoms with E-state index < -0.39 is 0 Å². The lowest BCUT2D eigenvalue weighted by Crippen LogP contribution is -1.90. The molecule has 0 radical (unpaired) electrons. The molecule has 0 spiro atoms. The molecule has 5 aromatic carbocycles. The fourth-order valence-corrected chi connectivity index (χ4v) is 4.45. The van der Waals surface area contributed by atoms with Gasteiger partial charge in [0.05, 0.1) is 11.0 Å². The van der Waals surface area contributed by atoms with E-state index >= 15 is 0 Å². The molecule has 0 amide bonds. The van der Waals surface area contributed by atoms with Crippen molar-refractivity contribution in [3.05, 3.63) is 115 Å². The van der Waals surface area contributed by atoms with Gasteiger partial charge in [0.2, 0.25) is 0 Å². The van der Waals surface area contributed by atoms with Gasteiger partial charge in [0.25, 0.3) is 0 Å². The lowest BCUT2D eigenvalue weighted by molar-refractivity contribution is 1.49. The van der Waals surface area contributed by atoms with E-state index in [1.807, 2.05) is 0 Å². The van der Waals surface area contributed by atoms with Crippen LogP contribution in [0.2, 0.25) is 0 Å². The number of hydrogen-bond donors (Lipinski definition) is 0. The first kappa shape index (κ1) is 16.9. The van der Waals surface area contributed by atoms with Crippen LogP contribution in [0, 0.1) is 0 Å². The third-order valence-electron chi connectivity index (χ3n) is 5.84. The Hall–Kier alpha value is -3.97. The number of para-hydroxylation sites is 1. The van der Waals surface area contributed by atoms with E-state index in [0.29, 0.717) is 0 Å². The maximum absolute atomic E-state index is 4.96. The Morgan fingerprint density at radius 3 is 2.03 bits per heavy atom. The zero-order valence-electron chi connectivity index (χ0n) is 16.4. The summed E-state index contributed by atoms with van der Waals surface area (Å²) in [5.74, 6) is 0. The van der Waals surface area contributed by atoms with Gasteiger partial charge in [-0.15, -0.1) is 0 Å². The monoisotopic (exact) mass is 381 g/mol. The molecule has 0 unspecified atom stereocenters. The van der Waals surface area contributed by atoms with Gasteiger partial charge in [0.1, 0.15) is 0 Å². The normalized spacial score (nSPS) is 11.3. The summed E-state index contributed by atoms with van der Waals surface area (Å²) >= 11 is 0. The molecule has 0 aliphatic rings. The molecule has 0 fully saturated rings. The number of pyridine rings is 1. The van der Waals surface area contributed by atoms with Crippen LogP contribution in [0.1, 0.15) is 0 Å². The average molecular weight is 381 g/mol. The Balaban J connectivity index is 1.71. The molecule has 1 heterocycles. The summed E-state index contributed by atoms with van der Waals surface area (Å²) in [5.41, 5.74) is 6.99. The van der Waals surface area contributed by atoms with Crippen LogP contribution < -0.4 is 0 Å². The van der Waals surface area contributed by atoms with Gasteiger partial charge < -0.3 is 0 Å². The SMILES string of the molecule is c1ccc(-c2c3ccccc3nc3ccc(-c4cccc5ccccc45)cc23)cc1. The van der Waals surface area contributed by atoms with Crippen LogP contribution >= 0.6 is 0 Å². The molecule has 0 atom stereocenters. The van der Waals surface area contributed by atoms with Gasteiger partial charge in [0, 0.05) is 16.3 Å². The van der Waals surface area contributed by atoms with Gasteiger partial charge >= 0.3 is 0 Å². The summed E-state index contributed by atoms with van der Waals surface area (Å²) in [7, 11) is 0. The molecule has 0 bridgehead atoms. The van der Waals surface area contributed by atoms with E-state index in [4.69, 9.17) is 4.98 Å². The van der Waals surface area contributed by atoms with Gasteiger partial charge in [-0.1, -0.05) is 97.1 Å². The summed E-state index contributed by atoms with van der Waals surface area (Å²) < 4.78 is 0. The highest BCUT2D eigenvalue weighted by molar-refractivity contribution is 6.11. The minimum atomic E-state index is 1.02. The molecule has 1 nitrogen and oxygen atoms in total. The van der Waals surface area contributed by atoms with E-state index in [0.717, 1.165) is 11.0 Å². The standard InChI is InChI=1S/C29H19N/c1-2-10-21(11-3-1)29-25-14-6-7-16-27(25)30-28-18-17-22(19-26(28)29)24-15-8-12-20-9-4-5-13-23(20)24/h1-19H. The second kappa shape index (κ2) is 6.82. The zero-order valence-corrected chi connectivity index (χ0v) is 16.4. The number of rotatable bonds is 2. The molecule has 0 aliphatic heterocycles. The number of aromatic nitrogens is 1. The number of hydrogen-bond acceptors (Lipinski definition) is 1. The van der Waals surface area contributed by atoms with E-state index in [9.17, 15) is 0 Å². The van der Waals surface area contributed by atoms with Crippen LogP contribution in [0.5, 0.6) is 0 Å². The van der Waals surface area contributed by atoms with Crippen LogP contribution in [0.25, 0.3) is 54.8 Å². The van der Waals surface area contributed by atoms with Gasteiger partial charge in [-0.25, -0.2) is 4.98 Å². The lowest BCUT2D eigenvalue weighted by Gasteiger charge is -2.13. The Labute approximate surface area is 175 Å². The summed E-state index contributed by atoms with van der Waals surface area (Å²) in [6, 6.07) is 40.8. The molecule has 6 aromatic rings. The van der Waals surface area contributed by atoms with Crippen LogP contribution in [0.3, 0.4) is 0 Å². The highest BCUT2D eigenvalue weighted by Crippen LogP contribution is 2.37. The van der Waals surface area contributed by atoms with Crippen molar-refractivity contribution in [2.24, 2.45) is 0 Å². The van der Waals surface area contributed by atoms with Crippen LogP contribution in [0.4, 0.5) is 0 Å². The summed E-state index contributed by atoms with van der Waals surface area (Å²) in [6.07, 6.45) is 0. The molecular weight excluding hydrogens is 362 g/mol. The molecule has 1 heteroatoms. The van der Waals surface area contributed by atoms with Crippen molar-refractivity contribution in [1.82, 2.24) is 4.98 Å². The fraction of sp³-hybridized carbons (Fsp3) is 0. The van der Waals surface area contributed by atoms with Crippen LogP contribution in [-0.2, 0) is 0 Å². The first-order chi connectivity index (χ1) is 14.9. The number of nitrogens with zero attached hydrogens (tertiary/aromatic N) is 1. The van der Waals surface area contributed by atoms with E-state index in [1.165, 1.54) is 43.8 Å². The predicted octanol–water partition coefficient (Wildman–Crippen LogP) is 7.88. The topological polar surface area (TPSA) is 12.9 Å². The third kappa shape index (κ3) is 2.67. The molecule has 0 aliphatic carbocycles. The fourth-order valence-electron chi connectivity index (χ4n) is 4.45. The van der Waals surface area contributed by atoms with Crippen LogP contribution in [0.15, 0.2) is 115 Å². The Kier molecular flexibility index (Phi) is 3.85. The summed E-state index contributed by atoms with van der Waals surface area (Å²) in [6.45, 7) is 0. The molecule has 0 saturated heterocycles. The van der Waals surface area contributed by atoms with Crippen molar-refractivity contribution >= 4 is 32.6 Å². The van der Waals surface area contributed by atoms with Crippen molar-refractivity contribution in [2.45, 2.75) is 0 Å². The van der Waals surface area contributed by atoms with Crippen molar-refractivity contribution < 1.29 is 0 Å². The van der Waals surface area contributed by atoms with Gasteiger partial charge in [-0.3, -0.25) is 0 Å². The first-order valence-electron chi connectivity index (χ1n) is 10.2. The smallest absolute Gasteiger partial charge is 0.0716 e. The Morgan fingerprint density at radius 1 is 0.433 bits per heavy atom. The number of fused-ring (bicyclic) bond motifs is 3. The van der Waals surface area contributed by atoms with Crippen molar-refractivity contribution in [2.75, 3.05) is 0 Å². The largest absolute Gasteiger partial charge is 0.248 e. The lowest BCUT2D eigenvalue weighted by atomic mass is 9.92. The summed E-state index contributed by atoms with van der Waals surface area (Å²) in [4.78, 5) is 4.96. The second-order valence-corrected chi connectivity index (χ2v) is 7.63. The third-order valence-corrected chi connectivity index (χ3v) is 5.84. The zero-order chi connectivity index (χ0) is 19.9. The highest BCUT2D eigenvalue weighted by atomic mass is 14.7. The maximum atomic E-state index is 4.96. The van der Waals surface area contributed by atoms with Crippen LogP contribution in [-0.4, -0.2) is 4.98 Å². The Bertz CT molecular complexity index is 1530. The van der Waals surface area contributed by atoms with Crippen molar-refractivity contribution in [3.8, 4) is 22.3 Å². The van der Waals surface area contributed by atoms with Gasteiger partial charge in [-0.05, 0) is 45.7 Å². The molecule has 6 rings (SSSR count). The second-order valence-electron chi connectivity index (χ2n) is 7.63. The molecule has 0 N–H and O–H groups in total. The number of benzene rings is 5. The maximum Gasteiger partial charge on any atom is 0.0716 e. The van der Waals surface area contributed by atoms with Crippen molar-refractivity contribution in [3.63, 3.8) is 0 Å².